The predicted molar refractivity (Wildman–Crippen MR) is 93.1 cm³/mol. The van der Waals surface area contributed by atoms with Crippen LogP contribution in [0.4, 0.5) is 11.4 Å². The van der Waals surface area contributed by atoms with Gasteiger partial charge in [0.2, 0.25) is 5.91 Å². The molecule has 0 aromatic heterocycles. The van der Waals surface area contributed by atoms with E-state index in [0.717, 1.165) is 9.37 Å². The highest BCUT2D eigenvalue weighted by Crippen LogP contribution is 2.29. The molecule has 0 aliphatic carbocycles. The minimum absolute atomic E-state index is 0.150. The van der Waals surface area contributed by atoms with Crippen molar-refractivity contribution in [3.63, 3.8) is 0 Å². The molecule has 6 nitrogen and oxygen atoms in total. The van der Waals surface area contributed by atoms with Crippen LogP contribution >= 0.6 is 27.7 Å². The molecule has 0 saturated heterocycles. The Morgan fingerprint density at radius 2 is 2.00 bits per heavy atom. The first kappa shape index (κ1) is 17.3. The van der Waals surface area contributed by atoms with Crippen molar-refractivity contribution in [1.29, 1.82) is 0 Å². The molecule has 120 valence electrons. The van der Waals surface area contributed by atoms with Crippen LogP contribution in [0.1, 0.15) is 0 Å². The number of benzene rings is 2. The van der Waals surface area contributed by atoms with E-state index in [0.29, 0.717) is 5.75 Å². The minimum Gasteiger partial charge on any atom is -0.496 e. The summed E-state index contributed by atoms with van der Waals surface area (Å²) < 4.78 is 5.91. The van der Waals surface area contributed by atoms with Gasteiger partial charge < -0.3 is 10.1 Å². The van der Waals surface area contributed by atoms with Gasteiger partial charge in [0, 0.05) is 9.37 Å². The number of carbonyl (C=O) groups excluding carboxylic acids is 1. The maximum absolute atomic E-state index is 12.0. The largest absolute Gasteiger partial charge is 0.496 e. The molecule has 1 N–H and O–H groups in total. The molecule has 0 saturated carbocycles. The Balaban J connectivity index is 2.02. The van der Waals surface area contributed by atoms with E-state index in [1.54, 1.807) is 6.07 Å². The lowest BCUT2D eigenvalue weighted by Crippen LogP contribution is -2.15. The average molecular weight is 397 g/mol. The standard InChI is InChI=1S/C15H13BrN2O4S/c1-22-11-4-7-13(14(8-11)18(20)21)17-15(19)9-23-12-5-2-10(16)3-6-12/h2-8H,9H2,1H3,(H,17,19). The van der Waals surface area contributed by atoms with Gasteiger partial charge in [0.15, 0.2) is 0 Å². The zero-order valence-electron chi connectivity index (χ0n) is 12.1. The molecule has 2 aromatic carbocycles. The van der Waals surface area contributed by atoms with Crippen LogP contribution in [-0.4, -0.2) is 23.7 Å². The summed E-state index contributed by atoms with van der Waals surface area (Å²) in [5, 5.41) is 13.6. The van der Waals surface area contributed by atoms with Crippen LogP contribution in [0.25, 0.3) is 0 Å². The molecule has 0 atom stereocenters. The number of thioether (sulfide) groups is 1. The Morgan fingerprint density at radius 3 is 2.61 bits per heavy atom. The van der Waals surface area contributed by atoms with E-state index in [4.69, 9.17) is 4.74 Å². The van der Waals surface area contributed by atoms with Crippen molar-refractivity contribution < 1.29 is 14.5 Å². The summed E-state index contributed by atoms with van der Waals surface area (Å²) in [7, 11) is 1.42. The number of ether oxygens (including phenoxy) is 1. The van der Waals surface area contributed by atoms with Crippen molar-refractivity contribution in [2.75, 3.05) is 18.2 Å². The highest BCUT2D eigenvalue weighted by Gasteiger charge is 2.17. The van der Waals surface area contributed by atoms with Gasteiger partial charge in [-0.05, 0) is 36.4 Å². The lowest BCUT2D eigenvalue weighted by molar-refractivity contribution is -0.384. The number of amides is 1. The van der Waals surface area contributed by atoms with Crippen molar-refractivity contribution >= 4 is 45.0 Å². The zero-order chi connectivity index (χ0) is 16.8. The smallest absolute Gasteiger partial charge is 0.296 e. The number of halogens is 1. The normalized spacial score (nSPS) is 10.2. The van der Waals surface area contributed by atoms with Gasteiger partial charge in [-0.25, -0.2) is 0 Å². The lowest BCUT2D eigenvalue weighted by atomic mass is 10.2. The first-order valence-corrected chi connectivity index (χ1v) is 8.28. The summed E-state index contributed by atoms with van der Waals surface area (Å²) in [6.45, 7) is 0. The number of hydrogen-bond donors (Lipinski definition) is 1. The Morgan fingerprint density at radius 1 is 1.30 bits per heavy atom. The molecular formula is C15H13BrN2O4S. The van der Waals surface area contributed by atoms with Gasteiger partial charge in [-0.2, -0.15) is 0 Å². The van der Waals surface area contributed by atoms with Crippen LogP contribution < -0.4 is 10.1 Å². The summed E-state index contributed by atoms with van der Waals surface area (Å²) >= 11 is 4.69. The van der Waals surface area contributed by atoms with Crippen molar-refractivity contribution in [2.24, 2.45) is 0 Å². The van der Waals surface area contributed by atoms with Crippen LogP contribution in [0.5, 0.6) is 5.75 Å². The molecule has 0 spiro atoms. The molecule has 2 aromatic rings. The molecule has 0 bridgehead atoms. The monoisotopic (exact) mass is 396 g/mol. The zero-order valence-corrected chi connectivity index (χ0v) is 14.5. The number of methoxy groups -OCH3 is 1. The third kappa shape index (κ3) is 4.97. The number of nitrogens with one attached hydrogen (secondary N) is 1. The van der Waals surface area contributed by atoms with Crippen LogP contribution in [0.3, 0.4) is 0 Å². The van der Waals surface area contributed by atoms with Gasteiger partial charge in [-0.3, -0.25) is 14.9 Å². The third-order valence-electron chi connectivity index (χ3n) is 2.86. The van der Waals surface area contributed by atoms with Gasteiger partial charge >= 0.3 is 0 Å². The number of rotatable bonds is 6. The Bertz CT molecular complexity index is 722. The van der Waals surface area contributed by atoms with Crippen LogP contribution in [0.2, 0.25) is 0 Å². The minimum atomic E-state index is -0.556. The molecular weight excluding hydrogens is 384 g/mol. The molecule has 0 heterocycles. The predicted octanol–water partition coefficient (Wildman–Crippen LogP) is 4.10. The highest BCUT2D eigenvalue weighted by atomic mass is 79.9. The summed E-state index contributed by atoms with van der Waals surface area (Å²) in [4.78, 5) is 23.4. The fourth-order valence-corrected chi connectivity index (χ4v) is 2.72. The van der Waals surface area contributed by atoms with E-state index in [2.05, 4.69) is 21.2 Å². The molecule has 0 unspecified atom stereocenters. The number of nitro benzene ring substituents is 1. The first-order chi connectivity index (χ1) is 11.0. The van der Waals surface area contributed by atoms with Gasteiger partial charge in [-0.1, -0.05) is 15.9 Å². The number of nitrogens with zero attached hydrogens (tertiary/aromatic N) is 1. The summed E-state index contributed by atoms with van der Waals surface area (Å²) in [5.74, 6) is 0.204. The van der Waals surface area contributed by atoms with Gasteiger partial charge in [0.1, 0.15) is 11.4 Å². The lowest BCUT2D eigenvalue weighted by Gasteiger charge is -2.07. The second-order valence-corrected chi connectivity index (χ2v) is 6.40. The Hall–Kier alpha value is -2.06. The van der Waals surface area contributed by atoms with Gasteiger partial charge in [0.25, 0.3) is 5.69 Å². The summed E-state index contributed by atoms with van der Waals surface area (Å²) in [6, 6.07) is 11.8. The van der Waals surface area contributed by atoms with Crippen LogP contribution in [0.15, 0.2) is 51.8 Å². The molecule has 0 fully saturated rings. The quantitative estimate of drug-likeness (QED) is 0.451. The second-order valence-electron chi connectivity index (χ2n) is 4.43. The fraction of sp³-hybridized carbons (Fsp3) is 0.133. The molecule has 1 amide bonds. The van der Waals surface area contributed by atoms with Crippen molar-refractivity contribution in [3.8, 4) is 5.75 Å². The Labute approximate surface area is 145 Å². The molecule has 8 heteroatoms. The number of hydrogen-bond acceptors (Lipinski definition) is 5. The van der Waals surface area contributed by atoms with Crippen molar-refractivity contribution in [3.05, 3.63) is 57.1 Å². The summed E-state index contributed by atoms with van der Waals surface area (Å²) in [5.41, 5.74) is -0.0523. The van der Waals surface area contributed by atoms with E-state index >= 15 is 0 Å². The molecule has 0 aliphatic heterocycles. The number of anilines is 1. The van der Waals surface area contributed by atoms with E-state index < -0.39 is 4.92 Å². The van der Waals surface area contributed by atoms with Gasteiger partial charge in [-0.15, -0.1) is 11.8 Å². The first-order valence-electron chi connectivity index (χ1n) is 6.50. The maximum Gasteiger partial charge on any atom is 0.296 e. The molecule has 0 aliphatic rings. The van der Waals surface area contributed by atoms with E-state index in [1.165, 1.54) is 31.0 Å². The van der Waals surface area contributed by atoms with Crippen molar-refractivity contribution in [2.45, 2.75) is 4.90 Å². The summed E-state index contributed by atoms with van der Waals surface area (Å²) in [6.07, 6.45) is 0. The van der Waals surface area contributed by atoms with Crippen LogP contribution in [-0.2, 0) is 4.79 Å². The second kappa shape index (κ2) is 7.98. The molecule has 0 radical (unpaired) electrons. The van der Waals surface area contributed by atoms with E-state index in [1.807, 2.05) is 24.3 Å². The Kier molecular flexibility index (Phi) is 6.00. The van der Waals surface area contributed by atoms with Crippen molar-refractivity contribution in [1.82, 2.24) is 0 Å². The van der Waals surface area contributed by atoms with E-state index in [-0.39, 0.29) is 23.0 Å². The number of nitro groups is 1. The molecule has 2 rings (SSSR count). The van der Waals surface area contributed by atoms with Gasteiger partial charge in [0.05, 0.1) is 23.9 Å². The van der Waals surface area contributed by atoms with Crippen LogP contribution in [0, 0.1) is 10.1 Å². The molecule has 23 heavy (non-hydrogen) atoms. The average Bonchev–Trinajstić information content (AvgIpc) is 2.54. The topological polar surface area (TPSA) is 81.5 Å². The SMILES string of the molecule is COc1ccc(NC(=O)CSc2ccc(Br)cc2)c([N+](=O)[O-])c1. The highest BCUT2D eigenvalue weighted by molar-refractivity contribution is 9.10. The number of carbonyl (C=O) groups is 1. The maximum atomic E-state index is 12.0. The van der Waals surface area contributed by atoms with E-state index in [9.17, 15) is 14.9 Å². The third-order valence-corrected chi connectivity index (χ3v) is 4.40. The fourth-order valence-electron chi connectivity index (χ4n) is 1.76.